The van der Waals surface area contributed by atoms with Crippen LogP contribution in [-0.4, -0.2) is 38.3 Å². The molecule has 2 aliphatic carbocycles. The Labute approximate surface area is 295 Å². The Balaban J connectivity index is 1.95. The summed E-state index contributed by atoms with van der Waals surface area (Å²) in [4.78, 5) is 30.7. The van der Waals surface area contributed by atoms with E-state index in [4.69, 9.17) is 9.47 Å². The molecule has 3 aliphatic rings. The first-order chi connectivity index (χ1) is 23.8. The van der Waals surface area contributed by atoms with Crippen molar-refractivity contribution in [3.05, 3.63) is 90.0 Å². The number of para-hydroxylation sites is 1. The summed E-state index contributed by atoms with van der Waals surface area (Å²) in [6.45, 7) is 8.83. The molecule has 1 aliphatic heterocycles. The number of carbonyl (C=O) groups excluding carboxylic acids is 2. The van der Waals surface area contributed by atoms with Crippen LogP contribution in [0.25, 0.3) is 0 Å². The van der Waals surface area contributed by atoms with Crippen molar-refractivity contribution in [3.63, 3.8) is 0 Å². The van der Waals surface area contributed by atoms with Crippen LogP contribution in [0.3, 0.4) is 0 Å². The summed E-state index contributed by atoms with van der Waals surface area (Å²) < 4.78 is 14.8. The molecule has 3 aromatic rings. The quantitative estimate of drug-likeness (QED) is 0.128. The van der Waals surface area contributed by atoms with Crippen molar-refractivity contribution in [3.8, 4) is 0 Å². The number of carbonyl (C=O) groups is 2. The van der Waals surface area contributed by atoms with E-state index in [0.29, 0.717) is 5.29 Å². The number of hydrogen-bond acceptors (Lipinski definition) is 5. The van der Waals surface area contributed by atoms with Gasteiger partial charge >= 0.3 is 11.9 Å². The molecule has 0 saturated heterocycles. The summed E-state index contributed by atoms with van der Waals surface area (Å²) in [5.74, 6) is -0.0306. The predicted molar refractivity (Wildman–Crippen MR) is 207 cm³/mol. The van der Waals surface area contributed by atoms with Crippen LogP contribution in [0.2, 0.25) is 11.1 Å². The van der Waals surface area contributed by atoms with Gasteiger partial charge in [-0.1, -0.05) is 158 Å². The number of benzene rings is 3. The summed E-state index contributed by atoms with van der Waals surface area (Å²) in [5, 5.41) is 1.62. The molecule has 0 N–H and O–H groups in total. The minimum absolute atomic E-state index is 0.0414. The monoisotopic (exact) mass is 679 g/mol. The normalized spacial score (nSPS) is 21.8. The fourth-order valence-electron chi connectivity index (χ4n) is 9.87. The van der Waals surface area contributed by atoms with E-state index in [1.54, 1.807) is 0 Å². The lowest BCUT2D eigenvalue weighted by molar-refractivity contribution is -0.145. The van der Waals surface area contributed by atoms with E-state index >= 15 is 9.59 Å². The van der Waals surface area contributed by atoms with E-state index in [1.165, 1.54) is 37.5 Å². The van der Waals surface area contributed by atoms with Gasteiger partial charge in [0.15, 0.2) is 0 Å². The summed E-state index contributed by atoms with van der Waals surface area (Å²) in [6.07, 6.45) is 10.5. The van der Waals surface area contributed by atoms with Crippen molar-refractivity contribution in [2.75, 3.05) is 18.8 Å². The fourth-order valence-corrected chi connectivity index (χ4v) is 15.2. The van der Waals surface area contributed by atoms with Crippen LogP contribution < -0.4 is 15.2 Å². The van der Waals surface area contributed by atoms with E-state index in [1.807, 2.05) is 0 Å². The molecule has 1 atom stereocenters. The van der Waals surface area contributed by atoms with Crippen molar-refractivity contribution < 1.29 is 19.1 Å². The number of nitrogens with zero attached hydrogens (tertiary/aromatic N) is 1. The minimum atomic E-state index is -3.10. The number of anilines is 1. The van der Waals surface area contributed by atoms with Gasteiger partial charge in [-0.3, -0.25) is 4.79 Å². The molecule has 2 saturated carbocycles. The van der Waals surface area contributed by atoms with Gasteiger partial charge in [-0.15, -0.1) is 0 Å². The van der Waals surface area contributed by atoms with Crippen molar-refractivity contribution >= 4 is 47.4 Å². The topological polar surface area (TPSA) is 55.8 Å². The maximum atomic E-state index is 15.4. The minimum Gasteiger partial charge on any atom is -0.469 e. The molecule has 0 radical (unpaired) electrons. The van der Waals surface area contributed by atoms with Crippen LogP contribution in [-0.2, 0) is 19.1 Å². The molecule has 0 unspecified atom stereocenters. The molecule has 49 heavy (non-hydrogen) atoms. The lowest BCUT2D eigenvalue weighted by Crippen LogP contribution is -2.57. The first kappa shape index (κ1) is 35.6. The van der Waals surface area contributed by atoms with Gasteiger partial charge in [-0.05, 0) is 58.1 Å². The largest absolute Gasteiger partial charge is 0.469 e. The Morgan fingerprint density at radius 3 is 1.63 bits per heavy atom. The zero-order valence-electron chi connectivity index (χ0n) is 30.5. The Hall–Kier alpha value is -3.24. The van der Waals surface area contributed by atoms with Crippen LogP contribution in [0.15, 0.2) is 78.9 Å². The Kier molecular flexibility index (Phi) is 10.8. The second-order valence-electron chi connectivity index (χ2n) is 15.1. The average molecular weight is 680 g/mol. The van der Waals surface area contributed by atoms with Crippen molar-refractivity contribution in [1.82, 2.24) is 0 Å². The van der Waals surface area contributed by atoms with E-state index in [0.717, 1.165) is 68.4 Å². The van der Waals surface area contributed by atoms with Crippen molar-refractivity contribution in [2.45, 2.75) is 115 Å². The molecular formula is C42H55BNO4P. The van der Waals surface area contributed by atoms with Gasteiger partial charge in [-0.2, -0.15) is 0 Å². The predicted octanol–water partition coefficient (Wildman–Crippen LogP) is 9.50. The molecule has 0 spiro atoms. The van der Waals surface area contributed by atoms with Crippen LogP contribution in [0.5, 0.6) is 0 Å². The van der Waals surface area contributed by atoms with E-state index in [-0.39, 0.29) is 42.4 Å². The summed E-state index contributed by atoms with van der Waals surface area (Å²) in [6, 6.07) is 28.1. The molecule has 5 nitrogen and oxygen atoms in total. The number of hydrogen-bond donors (Lipinski definition) is 0. The number of esters is 2. The van der Waals surface area contributed by atoms with Gasteiger partial charge in [0.1, 0.15) is 5.31 Å². The first-order valence-electron chi connectivity index (χ1n) is 18.7. The third kappa shape index (κ3) is 5.80. The Bertz CT molecular complexity index is 1610. The van der Waals surface area contributed by atoms with Gasteiger partial charge in [-0.25, -0.2) is 4.79 Å². The van der Waals surface area contributed by atoms with Gasteiger partial charge in [0.05, 0.1) is 19.5 Å². The number of methoxy groups -OCH3 is 2. The molecule has 7 heteroatoms. The highest BCUT2D eigenvalue weighted by Gasteiger charge is 2.72. The Morgan fingerprint density at radius 1 is 0.694 bits per heavy atom. The van der Waals surface area contributed by atoms with Gasteiger partial charge in [0.2, 0.25) is 0 Å². The third-order valence-corrected chi connectivity index (χ3v) is 16.2. The first-order valence-corrected chi connectivity index (χ1v) is 20.5. The molecule has 3 aromatic carbocycles. The smallest absolute Gasteiger partial charge is 0.336 e. The van der Waals surface area contributed by atoms with Crippen molar-refractivity contribution in [1.29, 1.82) is 0 Å². The van der Waals surface area contributed by atoms with Crippen molar-refractivity contribution in [2.24, 2.45) is 5.92 Å². The summed E-state index contributed by atoms with van der Waals surface area (Å²) >= 11 is 0. The highest BCUT2D eigenvalue weighted by molar-refractivity contribution is 7.95. The highest BCUT2D eigenvalue weighted by Crippen LogP contribution is 2.72. The van der Waals surface area contributed by atoms with Crippen LogP contribution in [0, 0.1) is 5.92 Å². The molecule has 0 aromatic heterocycles. The van der Waals surface area contributed by atoms with E-state index in [2.05, 4.69) is 111 Å². The van der Waals surface area contributed by atoms with Crippen LogP contribution in [0.4, 0.5) is 5.69 Å². The fraction of sp³-hybridized carbons (Fsp3) is 0.500. The van der Waals surface area contributed by atoms with Crippen LogP contribution in [0.1, 0.15) is 115 Å². The standard InChI is InChI=1S/C42H55BNO4P/c1-30(2)36-28-19-29-37(31(3)4)38(36)44-43(33-22-13-8-14-23-33)42(41(46)48-6,32-20-11-7-12-21-32)39(40(45)47-5)49(44,34-24-15-9-16-25-34)35-26-17-10-18-27-35/h9-10,15-19,24-33H,7-8,11-14,20-23H2,1-6H3/t42-/m1/s1. The van der Waals surface area contributed by atoms with Gasteiger partial charge in [0.25, 0.3) is 6.85 Å². The maximum absolute atomic E-state index is 15.4. The van der Waals surface area contributed by atoms with Crippen LogP contribution >= 0.6 is 7.04 Å². The highest BCUT2D eigenvalue weighted by atomic mass is 31.2. The SMILES string of the molecule is COC(=O)C1=P(c2ccccc2)(c2ccccc2)N(c2c(C(C)C)cccc2C(C)C)B(C2CCCCC2)[C@]1(C(=O)OC)C1CCCCC1. The lowest BCUT2D eigenvalue weighted by atomic mass is 9.29. The summed E-state index contributed by atoms with van der Waals surface area (Å²) in [7, 11) is -0.0634. The zero-order valence-corrected chi connectivity index (χ0v) is 31.4. The van der Waals surface area contributed by atoms with Gasteiger partial charge in [0, 0.05) is 12.7 Å². The molecule has 0 amide bonds. The van der Waals surface area contributed by atoms with E-state index < -0.39 is 12.4 Å². The Morgan fingerprint density at radius 2 is 1.18 bits per heavy atom. The van der Waals surface area contributed by atoms with Gasteiger partial charge < -0.3 is 14.1 Å². The average Bonchev–Trinajstić information content (AvgIpc) is 3.44. The molecule has 1 heterocycles. The third-order valence-electron chi connectivity index (χ3n) is 11.8. The second-order valence-corrected chi connectivity index (χ2v) is 18.3. The van der Waals surface area contributed by atoms with E-state index in [9.17, 15) is 0 Å². The molecule has 6 rings (SSSR count). The second kappa shape index (κ2) is 14.9. The molecule has 0 bridgehead atoms. The number of rotatable bonds is 9. The molecule has 260 valence electrons. The lowest BCUT2D eigenvalue weighted by Gasteiger charge is -2.49. The number of ether oxygens (including phenoxy) is 2. The zero-order chi connectivity index (χ0) is 34.8. The molecular weight excluding hydrogens is 624 g/mol. The molecule has 2 fully saturated rings. The maximum Gasteiger partial charge on any atom is 0.336 e. The summed E-state index contributed by atoms with van der Waals surface area (Å²) in [5.41, 5.74) is 3.72.